The fourth-order valence-electron chi connectivity index (χ4n) is 1.82. The minimum absolute atomic E-state index is 0.715. The molecule has 1 aliphatic rings. The van der Waals surface area contributed by atoms with Gasteiger partial charge in [-0.3, -0.25) is 0 Å². The van der Waals surface area contributed by atoms with Gasteiger partial charge in [0.15, 0.2) is 0 Å². The van der Waals surface area contributed by atoms with E-state index < -0.39 is 0 Å². The second kappa shape index (κ2) is 3.54. The number of para-hydroxylation sites is 1. The zero-order valence-electron chi connectivity index (χ0n) is 8.39. The summed E-state index contributed by atoms with van der Waals surface area (Å²) in [6.45, 7) is 0.845. The molecule has 2 aromatic rings. The number of nitrogens with one attached hydrogen (secondary N) is 2. The molecule has 0 spiro atoms. The highest BCUT2D eigenvalue weighted by molar-refractivity contribution is 6.36. The third-order valence-electron chi connectivity index (χ3n) is 2.86. The molecule has 3 rings (SSSR count). The molecular formula is C12H13ClN2. The summed E-state index contributed by atoms with van der Waals surface area (Å²) in [4.78, 5) is 3.35. The van der Waals surface area contributed by atoms with Crippen LogP contribution in [0.5, 0.6) is 0 Å². The summed E-state index contributed by atoms with van der Waals surface area (Å²) in [6.07, 6.45) is 2.61. The maximum absolute atomic E-state index is 6.29. The lowest BCUT2D eigenvalue weighted by Gasteiger charge is -2.00. The van der Waals surface area contributed by atoms with Gasteiger partial charge >= 0.3 is 0 Å². The molecule has 15 heavy (non-hydrogen) atoms. The van der Waals surface area contributed by atoms with Crippen molar-refractivity contribution in [2.75, 3.05) is 0 Å². The normalized spacial score (nSPS) is 16.1. The molecule has 3 heteroatoms. The van der Waals surface area contributed by atoms with Crippen molar-refractivity contribution >= 4 is 22.5 Å². The molecule has 78 valence electrons. The van der Waals surface area contributed by atoms with Crippen LogP contribution in [0.4, 0.5) is 0 Å². The fraction of sp³-hybridized carbons (Fsp3) is 0.333. The van der Waals surface area contributed by atoms with Crippen LogP contribution >= 0.6 is 11.6 Å². The third-order valence-corrected chi connectivity index (χ3v) is 3.29. The lowest BCUT2D eigenvalue weighted by molar-refractivity contribution is 0.678. The van der Waals surface area contributed by atoms with Crippen LogP contribution in [0.15, 0.2) is 24.3 Å². The summed E-state index contributed by atoms with van der Waals surface area (Å²) in [5.74, 6) is 0. The van der Waals surface area contributed by atoms with Gasteiger partial charge < -0.3 is 10.3 Å². The molecule has 2 nitrogen and oxygen atoms in total. The van der Waals surface area contributed by atoms with Crippen LogP contribution in [0.25, 0.3) is 10.9 Å². The average Bonchev–Trinajstić information content (AvgIpc) is 3.03. The molecule has 0 radical (unpaired) electrons. The molecule has 0 unspecified atom stereocenters. The Morgan fingerprint density at radius 2 is 2.13 bits per heavy atom. The molecule has 1 saturated carbocycles. The number of H-pyrrole nitrogens is 1. The van der Waals surface area contributed by atoms with Crippen LogP contribution in [-0.2, 0) is 6.54 Å². The summed E-state index contributed by atoms with van der Waals surface area (Å²) in [5.41, 5.74) is 2.22. The molecule has 1 heterocycles. The maximum Gasteiger partial charge on any atom is 0.0705 e. The number of halogens is 1. The van der Waals surface area contributed by atoms with Crippen LogP contribution < -0.4 is 5.32 Å². The van der Waals surface area contributed by atoms with Crippen LogP contribution in [0.3, 0.4) is 0 Å². The first kappa shape index (κ1) is 9.25. The van der Waals surface area contributed by atoms with Crippen molar-refractivity contribution in [1.29, 1.82) is 0 Å². The van der Waals surface area contributed by atoms with Gasteiger partial charge in [0.2, 0.25) is 0 Å². The highest BCUT2D eigenvalue weighted by atomic mass is 35.5. The Balaban J connectivity index is 1.92. The van der Waals surface area contributed by atoms with E-state index in [1.807, 2.05) is 12.1 Å². The first-order chi connectivity index (χ1) is 7.34. The summed E-state index contributed by atoms with van der Waals surface area (Å²) in [6, 6.07) is 8.86. The summed E-state index contributed by atoms with van der Waals surface area (Å²) >= 11 is 6.29. The van der Waals surface area contributed by atoms with E-state index in [9.17, 15) is 0 Å². The molecule has 1 aromatic carbocycles. The van der Waals surface area contributed by atoms with Crippen molar-refractivity contribution in [3.05, 3.63) is 35.0 Å². The molecule has 0 bridgehead atoms. The number of hydrogen-bond acceptors (Lipinski definition) is 1. The molecular weight excluding hydrogens is 208 g/mol. The van der Waals surface area contributed by atoms with Crippen molar-refractivity contribution in [2.45, 2.75) is 25.4 Å². The van der Waals surface area contributed by atoms with Gasteiger partial charge in [-0.1, -0.05) is 29.8 Å². The van der Waals surface area contributed by atoms with E-state index in [1.54, 1.807) is 0 Å². The zero-order chi connectivity index (χ0) is 10.3. The van der Waals surface area contributed by atoms with Crippen molar-refractivity contribution in [1.82, 2.24) is 10.3 Å². The second-order valence-electron chi connectivity index (χ2n) is 4.12. The highest BCUT2D eigenvalue weighted by Crippen LogP contribution is 2.28. The standard InChI is InChI=1S/C12H13ClN2/c13-12-9-3-1-2-4-10(9)15-11(12)7-14-8-5-6-8/h1-4,8,14-15H,5-7H2. The van der Waals surface area contributed by atoms with E-state index >= 15 is 0 Å². The van der Waals surface area contributed by atoms with Crippen molar-refractivity contribution in [3.63, 3.8) is 0 Å². The SMILES string of the molecule is Clc1c(CNC2CC2)[nH]c2ccccc12. The Kier molecular flexibility index (Phi) is 2.19. The second-order valence-corrected chi connectivity index (χ2v) is 4.50. The third kappa shape index (κ3) is 1.75. The lowest BCUT2D eigenvalue weighted by Crippen LogP contribution is -2.15. The Hall–Kier alpha value is -0.990. The number of hydrogen-bond donors (Lipinski definition) is 2. The highest BCUT2D eigenvalue weighted by Gasteiger charge is 2.21. The Morgan fingerprint density at radius 1 is 1.33 bits per heavy atom. The van der Waals surface area contributed by atoms with E-state index in [-0.39, 0.29) is 0 Å². The number of rotatable bonds is 3. The molecule has 2 N–H and O–H groups in total. The smallest absolute Gasteiger partial charge is 0.0705 e. The fourth-order valence-corrected chi connectivity index (χ4v) is 2.10. The molecule has 1 aromatic heterocycles. The maximum atomic E-state index is 6.29. The lowest BCUT2D eigenvalue weighted by atomic mass is 10.2. The molecule has 1 fully saturated rings. The van der Waals surface area contributed by atoms with Gasteiger partial charge in [-0.15, -0.1) is 0 Å². The first-order valence-corrected chi connectivity index (χ1v) is 5.71. The molecule has 0 saturated heterocycles. The molecule has 0 amide bonds. The van der Waals surface area contributed by atoms with E-state index in [2.05, 4.69) is 22.4 Å². The molecule has 0 aliphatic heterocycles. The average molecular weight is 221 g/mol. The van der Waals surface area contributed by atoms with Gasteiger partial charge in [-0.2, -0.15) is 0 Å². The summed E-state index contributed by atoms with van der Waals surface area (Å²) in [7, 11) is 0. The quantitative estimate of drug-likeness (QED) is 0.818. The number of benzene rings is 1. The monoisotopic (exact) mass is 220 g/mol. The van der Waals surface area contributed by atoms with Gasteiger partial charge in [0.25, 0.3) is 0 Å². The summed E-state index contributed by atoms with van der Waals surface area (Å²) < 4.78 is 0. The zero-order valence-corrected chi connectivity index (χ0v) is 9.14. The van der Waals surface area contributed by atoms with Crippen molar-refractivity contribution < 1.29 is 0 Å². The van der Waals surface area contributed by atoms with Crippen LogP contribution in [-0.4, -0.2) is 11.0 Å². The first-order valence-electron chi connectivity index (χ1n) is 5.33. The van der Waals surface area contributed by atoms with E-state index in [1.165, 1.54) is 12.8 Å². The van der Waals surface area contributed by atoms with Gasteiger partial charge in [0.05, 0.1) is 5.02 Å². The number of aromatic amines is 1. The van der Waals surface area contributed by atoms with Gasteiger partial charge in [0, 0.05) is 29.2 Å². The van der Waals surface area contributed by atoms with E-state index in [0.29, 0.717) is 6.04 Å². The molecule has 1 aliphatic carbocycles. The van der Waals surface area contributed by atoms with Gasteiger partial charge in [-0.05, 0) is 18.9 Å². The van der Waals surface area contributed by atoms with Gasteiger partial charge in [-0.25, -0.2) is 0 Å². The Labute approximate surface area is 93.6 Å². The topological polar surface area (TPSA) is 27.8 Å². The predicted octanol–water partition coefficient (Wildman–Crippen LogP) is 3.07. The Bertz CT molecular complexity index is 485. The van der Waals surface area contributed by atoms with E-state index in [0.717, 1.165) is 28.2 Å². The van der Waals surface area contributed by atoms with Crippen LogP contribution in [0.2, 0.25) is 5.02 Å². The van der Waals surface area contributed by atoms with Gasteiger partial charge in [0.1, 0.15) is 0 Å². The predicted molar refractivity (Wildman–Crippen MR) is 63.2 cm³/mol. The van der Waals surface area contributed by atoms with E-state index in [4.69, 9.17) is 11.6 Å². The number of aromatic nitrogens is 1. The minimum atomic E-state index is 0.715. The van der Waals surface area contributed by atoms with Crippen molar-refractivity contribution in [2.24, 2.45) is 0 Å². The minimum Gasteiger partial charge on any atom is -0.356 e. The Morgan fingerprint density at radius 3 is 2.87 bits per heavy atom. The van der Waals surface area contributed by atoms with Crippen LogP contribution in [0.1, 0.15) is 18.5 Å². The number of fused-ring (bicyclic) bond motifs is 1. The van der Waals surface area contributed by atoms with Crippen molar-refractivity contribution in [3.8, 4) is 0 Å². The largest absolute Gasteiger partial charge is 0.356 e. The molecule has 0 atom stereocenters. The summed E-state index contributed by atoms with van der Waals surface area (Å²) in [5, 5.41) is 5.44. The van der Waals surface area contributed by atoms with Crippen LogP contribution in [0, 0.1) is 0 Å².